The van der Waals surface area contributed by atoms with Gasteiger partial charge in [0.05, 0.1) is 6.10 Å². The van der Waals surface area contributed by atoms with Gasteiger partial charge in [0.15, 0.2) is 0 Å². The number of nitrogens with one attached hydrogen (secondary N) is 1. The molecule has 0 saturated heterocycles. The number of hydrogen-bond donors (Lipinski definition) is 3. The molecule has 0 aromatic rings. The molecule has 1 fully saturated rings. The second kappa shape index (κ2) is 8.04. The molecular weight excluding hydrogens is 202 g/mol. The van der Waals surface area contributed by atoms with Crippen molar-refractivity contribution < 1.29 is 10.2 Å². The van der Waals surface area contributed by atoms with Gasteiger partial charge in [-0.15, -0.1) is 0 Å². The van der Waals surface area contributed by atoms with Crippen LogP contribution in [0.25, 0.3) is 0 Å². The van der Waals surface area contributed by atoms with E-state index in [-0.39, 0.29) is 18.8 Å². The average molecular weight is 229 g/mol. The largest absolute Gasteiger partial charge is 0.396 e. The third-order valence-corrected chi connectivity index (χ3v) is 3.63. The SMILES string of the molecule is CCCC(CCO)CN[C@H]1CCCC[C@@H]1O. The van der Waals surface area contributed by atoms with Crippen molar-refractivity contribution in [3.63, 3.8) is 0 Å². The number of hydrogen-bond acceptors (Lipinski definition) is 3. The van der Waals surface area contributed by atoms with Crippen molar-refractivity contribution in [3.8, 4) is 0 Å². The fraction of sp³-hybridized carbons (Fsp3) is 1.00. The van der Waals surface area contributed by atoms with Gasteiger partial charge < -0.3 is 15.5 Å². The number of aliphatic hydroxyl groups excluding tert-OH is 2. The minimum absolute atomic E-state index is 0.162. The van der Waals surface area contributed by atoms with Gasteiger partial charge in [-0.05, 0) is 38.1 Å². The molecule has 3 atom stereocenters. The van der Waals surface area contributed by atoms with Crippen LogP contribution in [-0.4, -0.2) is 35.5 Å². The maximum atomic E-state index is 9.83. The quantitative estimate of drug-likeness (QED) is 0.622. The molecule has 16 heavy (non-hydrogen) atoms. The first-order chi connectivity index (χ1) is 7.77. The highest BCUT2D eigenvalue weighted by molar-refractivity contribution is 4.81. The first kappa shape index (κ1) is 13.9. The van der Waals surface area contributed by atoms with Crippen molar-refractivity contribution in [2.45, 2.75) is 64.0 Å². The molecule has 3 heteroatoms. The Balaban J connectivity index is 2.23. The Morgan fingerprint density at radius 2 is 2.00 bits per heavy atom. The van der Waals surface area contributed by atoms with E-state index in [2.05, 4.69) is 12.2 Å². The molecule has 1 aliphatic rings. The van der Waals surface area contributed by atoms with Crippen LogP contribution in [0.5, 0.6) is 0 Å². The smallest absolute Gasteiger partial charge is 0.0693 e. The molecular formula is C13H27NO2. The molecule has 1 rings (SSSR count). The molecule has 1 unspecified atom stereocenters. The molecule has 0 aromatic heterocycles. The zero-order valence-corrected chi connectivity index (χ0v) is 10.5. The lowest BCUT2D eigenvalue weighted by Gasteiger charge is -2.30. The Morgan fingerprint density at radius 1 is 1.25 bits per heavy atom. The summed E-state index contributed by atoms with van der Waals surface area (Å²) in [5.41, 5.74) is 0. The molecule has 3 nitrogen and oxygen atoms in total. The highest BCUT2D eigenvalue weighted by Gasteiger charge is 2.23. The van der Waals surface area contributed by atoms with Crippen molar-refractivity contribution in [1.29, 1.82) is 0 Å². The minimum atomic E-state index is -0.162. The molecule has 0 aliphatic heterocycles. The predicted octanol–water partition coefficient (Wildman–Crippen LogP) is 1.68. The van der Waals surface area contributed by atoms with Gasteiger partial charge in [0.2, 0.25) is 0 Å². The second-order valence-corrected chi connectivity index (χ2v) is 5.03. The van der Waals surface area contributed by atoms with E-state index in [4.69, 9.17) is 5.11 Å². The molecule has 1 saturated carbocycles. The average Bonchev–Trinajstić information content (AvgIpc) is 2.28. The second-order valence-electron chi connectivity index (χ2n) is 5.03. The van der Waals surface area contributed by atoms with Crippen molar-refractivity contribution >= 4 is 0 Å². The summed E-state index contributed by atoms with van der Waals surface area (Å²) in [6, 6.07) is 0.284. The molecule has 0 bridgehead atoms. The summed E-state index contributed by atoms with van der Waals surface area (Å²) in [4.78, 5) is 0. The van der Waals surface area contributed by atoms with Gasteiger partial charge >= 0.3 is 0 Å². The summed E-state index contributed by atoms with van der Waals surface area (Å²) in [7, 11) is 0. The Morgan fingerprint density at radius 3 is 2.62 bits per heavy atom. The van der Waals surface area contributed by atoms with Crippen molar-refractivity contribution in [3.05, 3.63) is 0 Å². The normalized spacial score (nSPS) is 27.9. The lowest BCUT2D eigenvalue weighted by molar-refractivity contribution is 0.0876. The van der Waals surface area contributed by atoms with Crippen LogP contribution in [0.4, 0.5) is 0 Å². The molecule has 0 aromatic carbocycles. The zero-order chi connectivity index (χ0) is 11.8. The summed E-state index contributed by atoms with van der Waals surface area (Å²) in [6.07, 6.45) is 7.47. The maximum Gasteiger partial charge on any atom is 0.0693 e. The van der Waals surface area contributed by atoms with Gasteiger partial charge in [0.25, 0.3) is 0 Å². The molecule has 3 N–H and O–H groups in total. The number of aliphatic hydroxyl groups is 2. The van der Waals surface area contributed by atoms with Crippen LogP contribution in [0.3, 0.4) is 0 Å². The zero-order valence-electron chi connectivity index (χ0n) is 10.5. The third-order valence-electron chi connectivity index (χ3n) is 3.63. The van der Waals surface area contributed by atoms with Crippen molar-refractivity contribution in [1.82, 2.24) is 5.32 Å². The summed E-state index contributed by atoms with van der Waals surface area (Å²) in [6.45, 7) is 3.40. The van der Waals surface area contributed by atoms with Crippen molar-refractivity contribution in [2.24, 2.45) is 5.92 Å². The Hall–Kier alpha value is -0.120. The van der Waals surface area contributed by atoms with E-state index in [9.17, 15) is 5.11 Å². The molecule has 0 radical (unpaired) electrons. The first-order valence-electron chi connectivity index (χ1n) is 6.80. The van der Waals surface area contributed by atoms with Crippen LogP contribution in [0, 0.1) is 5.92 Å². The van der Waals surface area contributed by atoms with E-state index >= 15 is 0 Å². The fourth-order valence-corrected chi connectivity index (χ4v) is 2.61. The fourth-order valence-electron chi connectivity index (χ4n) is 2.61. The molecule has 96 valence electrons. The lowest BCUT2D eigenvalue weighted by atomic mass is 9.91. The first-order valence-corrected chi connectivity index (χ1v) is 6.80. The minimum Gasteiger partial charge on any atom is -0.396 e. The van der Waals surface area contributed by atoms with Gasteiger partial charge in [-0.1, -0.05) is 26.2 Å². The molecule has 0 amide bonds. The van der Waals surface area contributed by atoms with Crippen LogP contribution >= 0.6 is 0 Å². The van der Waals surface area contributed by atoms with Crippen LogP contribution in [0.15, 0.2) is 0 Å². The lowest BCUT2D eigenvalue weighted by Crippen LogP contribution is -2.44. The van der Waals surface area contributed by atoms with Gasteiger partial charge in [-0.3, -0.25) is 0 Å². The summed E-state index contributed by atoms with van der Waals surface area (Å²) < 4.78 is 0. The van der Waals surface area contributed by atoms with E-state index in [0.717, 1.165) is 38.6 Å². The highest BCUT2D eigenvalue weighted by Crippen LogP contribution is 2.19. The van der Waals surface area contributed by atoms with Gasteiger partial charge in [0, 0.05) is 12.6 Å². The van der Waals surface area contributed by atoms with E-state index in [1.165, 1.54) is 12.8 Å². The monoisotopic (exact) mass is 229 g/mol. The molecule has 0 heterocycles. The molecule has 1 aliphatic carbocycles. The maximum absolute atomic E-state index is 9.83. The van der Waals surface area contributed by atoms with Crippen molar-refractivity contribution in [2.75, 3.05) is 13.2 Å². The summed E-state index contributed by atoms with van der Waals surface area (Å²) >= 11 is 0. The topological polar surface area (TPSA) is 52.5 Å². The predicted molar refractivity (Wildman–Crippen MR) is 66.4 cm³/mol. The standard InChI is InChI=1S/C13H27NO2/c1-2-5-11(8-9-15)10-14-12-6-3-4-7-13(12)16/h11-16H,2-10H2,1H3/t11?,12-,13-/m0/s1. The van der Waals surface area contributed by atoms with E-state index in [0.29, 0.717) is 5.92 Å². The Bertz CT molecular complexity index is 169. The third kappa shape index (κ3) is 4.81. The highest BCUT2D eigenvalue weighted by atomic mass is 16.3. The van der Waals surface area contributed by atoms with E-state index in [1.807, 2.05) is 0 Å². The van der Waals surface area contributed by atoms with Gasteiger partial charge in [-0.2, -0.15) is 0 Å². The van der Waals surface area contributed by atoms with Crippen LogP contribution in [0.1, 0.15) is 51.9 Å². The number of rotatable bonds is 7. The van der Waals surface area contributed by atoms with E-state index in [1.54, 1.807) is 0 Å². The summed E-state index contributed by atoms with van der Waals surface area (Å²) in [5.74, 6) is 0.559. The van der Waals surface area contributed by atoms with Crippen LogP contribution < -0.4 is 5.32 Å². The molecule has 0 spiro atoms. The Labute approximate surface area is 99.3 Å². The van der Waals surface area contributed by atoms with Gasteiger partial charge in [0.1, 0.15) is 0 Å². The van der Waals surface area contributed by atoms with Crippen LogP contribution in [0.2, 0.25) is 0 Å². The van der Waals surface area contributed by atoms with Crippen LogP contribution in [-0.2, 0) is 0 Å². The van der Waals surface area contributed by atoms with E-state index < -0.39 is 0 Å². The van der Waals surface area contributed by atoms with Gasteiger partial charge in [-0.25, -0.2) is 0 Å². The summed E-state index contributed by atoms with van der Waals surface area (Å²) in [5, 5.41) is 22.3. The Kier molecular flexibility index (Phi) is 7.01.